The van der Waals surface area contributed by atoms with Crippen LogP contribution in [0.15, 0.2) is 24.3 Å². The highest BCUT2D eigenvalue weighted by Crippen LogP contribution is 2.34. The number of benzene rings is 1. The van der Waals surface area contributed by atoms with E-state index >= 15 is 0 Å². The first-order valence-corrected chi connectivity index (χ1v) is 9.87. The molecule has 0 aromatic heterocycles. The lowest BCUT2D eigenvalue weighted by molar-refractivity contribution is -0.151. The minimum atomic E-state index is -0.566. The third-order valence-corrected chi connectivity index (χ3v) is 5.28. The highest BCUT2D eigenvalue weighted by Gasteiger charge is 2.42. The summed E-state index contributed by atoms with van der Waals surface area (Å²) in [4.78, 5) is 26.9. The van der Waals surface area contributed by atoms with Crippen molar-refractivity contribution in [2.45, 2.75) is 51.6 Å². The summed E-state index contributed by atoms with van der Waals surface area (Å²) in [7, 11) is 0. The number of esters is 1. The summed E-state index contributed by atoms with van der Waals surface area (Å²) in [6.07, 6.45) is 0.618. The van der Waals surface area contributed by atoms with E-state index in [2.05, 4.69) is 19.2 Å². The van der Waals surface area contributed by atoms with Crippen molar-refractivity contribution in [1.82, 2.24) is 4.90 Å². The fourth-order valence-electron chi connectivity index (χ4n) is 2.63. The second-order valence-electron chi connectivity index (χ2n) is 6.76. The van der Waals surface area contributed by atoms with E-state index in [0.717, 1.165) is 6.42 Å². The van der Waals surface area contributed by atoms with Crippen LogP contribution in [0.1, 0.15) is 34.1 Å². The molecule has 138 valence electrons. The summed E-state index contributed by atoms with van der Waals surface area (Å²) in [5.41, 5.74) is 0.644. The molecule has 2 rings (SSSR count). The van der Waals surface area contributed by atoms with Crippen molar-refractivity contribution in [3.8, 4) is 0 Å². The minimum absolute atomic E-state index is 0.0444. The van der Waals surface area contributed by atoms with Crippen LogP contribution >= 0.6 is 23.4 Å². The van der Waals surface area contributed by atoms with E-state index < -0.39 is 6.04 Å². The molecule has 1 saturated heterocycles. The first-order valence-electron chi connectivity index (χ1n) is 8.45. The average Bonchev–Trinajstić information content (AvgIpc) is 2.92. The minimum Gasteiger partial charge on any atom is -0.461 e. The number of hydrogen-bond acceptors (Lipinski definition) is 4. The number of carbonyl (C=O) groups is 2. The maximum atomic E-state index is 12.9. The first kappa shape index (κ1) is 19.9. The van der Waals surface area contributed by atoms with E-state index in [-0.39, 0.29) is 23.5 Å². The zero-order valence-corrected chi connectivity index (χ0v) is 16.6. The van der Waals surface area contributed by atoms with Crippen LogP contribution in [0, 0.1) is 5.92 Å². The third-order valence-electron chi connectivity index (χ3n) is 3.72. The Bertz CT molecular complexity index is 607. The lowest BCUT2D eigenvalue weighted by Crippen LogP contribution is -2.48. The molecule has 7 heteroatoms. The van der Waals surface area contributed by atoms with Crippen LogP contribution in [-0.4, -0.2) is 40.2 Å². The molecule has 2 atom stereocenters. The van der Waals surface area contributed by atoms with Gasteiger partial charge >= 0.3 is 12.0 Å². The number of ether oxygens (including phenoxy) is 1. The molecule has 0 spiro atoms. The lowest BCUT2D eigenvalue weighted by atomic mass is 10.1. The van der Waals surface area contributed by atoms with Crippen molar-refractivity contribution < 1.29 is 14.3 Å². The Kier molecular flexibility index (Phi) is 7.02. The Balaban J connectivity index is 2.16. The fraction of sp³-hybridized carbons (Fsp3) is 0.556. The van der Waals surface area contributed by atoms with Crippen molar-refractivity contribution in [3.63, 3.8) is 0 Å². The van der Waals surface area contributed by atoms with Crippen molar-refractivity contribution in [1.29, 1.82) is 0 Å². The number of nitrogens with zero attached hydrogens (tertiary/aromatic N) is 1. The monoisotopic (exact) mass is 384 g/mol. The van der Waals surface area contributed by atoms with E-state index in [1.54, 1.807) is 40.9 Å². The van der Waals surface area contributed by atoms with Gasteiger partial charge in [-0.15, -0.1) is 11.8 Å². The molecule has 2 unspecified atom stereocenters. The van der Waals surface area contributed by atoms with Crippen LogP contribution in [0.3, 0.4) is 0 Å². The molecule has 1 fully saturated rings. The molecule has 0 aliphatic carbocycles. The number of urea groups is 1. The lowest BCUT2D eigenvalue weighted by Gasteiger charge is -2.29. The number of carbonyl (C=O) groups excluding carboxylic acids is 2. The van der Waals surface area contributed by atoms with Gasteiger partial charge in [0.15, 0.2) is 0 Å². The van der Waals surface area contributed by atoms with Crippen LogP contribution in [0.5, 0.6) is 0 Å². The Labute approximate surface area is 158 Å². The SMILES string of the molecule is CC(C)CC1SCC(C(=O)OC(C)C)N1C(=O)Nc1ccc(Cl)cc1. The van der Waals surface area contributed by atoms with Gasteiger partial charge in [-0.1, -0.05) is 25.4 Å². The Morgan fingerprint density at radius 3 is 2.48 bits per heavy atom. The highest BCUT2D eigenvalue weighted by molar-refractivity contribution is 8.00. The third kappa shape index (κ3) is 5.54. The quantitative estimate of drug-likeness (QED) is 0.753. The molecule has 1 aliphatic rings. The summed E-state index contributed by atoms with van der Waals surface area (Å²) >= 11 is 7.51. The molecule has 0 radical (unpaired) electrons. The summed E-state index contributed by atoms with van der Waals surface area (Å²) < 4.78 is 5.34. The number of hydrogen-bond donors (Lipinski definition) is 1. The normalized spacial score (nSPS) is 20.2. The Hall–Kier alpha value is -1.40. The highest BCUT2D eigenvalue weighted by atomic mass is 35.5. The molecule has 0 saturated carbocycles. The number of rotatable bonds is 5. The van der Waals surface area contributed by atoms with Crippen LogP contribution in [-0.2, 0) is 9.53 Å². The molecular weight excluding hydrogens is 360 g/mol. The van der Waals surface area contributed by atoms with Gasteiger partial charge in [0.05, 0.1) is 11.5 Å². The van der Waals surface area contributed by atoms with Gasteiger partial charge in [-0.3, -0.25) is 4.90 Å². The topological polar surface area (TPSA) is 58.6 Å². The van der Waals surface area contributed by atoms with Gasteiger partial charge in [0, 0.05) is 16.5 Å². The van der Waals surface area contributed by atoms with Crippen LogP contribution < -0.4 is 5.32 Å². The second-order valence-corrected chi connectivity index (χ2v) is 8.41. The van der Waals surface area contributed by atoms with Gasteiger partial charge in [-0.05, 0) is 50.5 Å². The maximum absolute atomic E-state index is 12.9. The molecule has 1 aliphatic heterocycles. The maximum Gasteiger partial charge on any atom is 0.330 e. The van der Waals surface area contributed by atoms with Crippen LogP contribution in [0.2, 0.25) is 5.02 Å². The predicted molar refractivity (Wildman–Crippen MR) is 103 cm³/mol. The Morgan fingerprint density at radius 1 is 1.28 bits per heavy atom. The molecule has 5 nitrogen and oxygen atoms in total. The van der Waals surface area contributed by atoms with Crippen molar-refractivity contribution >= 4 is 41.1 Å². The molecular formula is C18H25ClN2O3S. The number of halogens is 1. The summed E-state index contributed by atoms with van der Waals surface area (Å²) in [6, 6.07) is 6.05. The molecule has 1 aromatic carbocycles. The molecule has 25 heavy (non-hydrogen) atoms. The standard InChI is InChI=1S/C18H25ClN2O3S/c1-11(2)9-16-21(15(10-25-16)17(22)24-12(3)4)18(23)20-14-7-5-13(19)6-8-14/h5-8,11-12,15-16H,9-10H2,1-4H3,(H,20,23). The van der Waals surface area contributed by atoms with Gasteiger partial charge in [0.1, 0.15) is 6.04 Å². The second kappa shape index (κ2) is 8.81. The van der Waals surface area contributed by atoms with Crippen LogP contribution in [0.25, 0.3) is 0 Å². The smallest absolute Gasteiger partial charge is 0.330 e. The number of nitrogens with one attached hydrogen (secondary N) is 1. The van der Waals surface area contributed by atoms with Crippen LogP contribution in [0.4, 0.5) is 10.5 Å². The summed E-state index contributed by atoms with van der Waals surface area (Å²) in [6.45, 7) is 7.83. The largest absolute Gasteiger partial charge is 0.461 e. The summed E-state index contributed by atoms with van der Waals surface area (Å²) in [5, 5.41) is 3.42. The molecule has 2 amide bonds. The van der Waals surface area contributed by atoms with E-state index in [9.17, 15) is 9.59 Å². The fourth-order valence-corrected chi connectivity index (χ4v) is 4.39. The van der Waals surface area contributed by atoms with Gasteiger partial charge in [-0.2, -0.15) is 0 Å². The summed E-state index contributed by atoms with van der Waals surface area (Å²) in [5.74, 6) is 0.625. The predicted octanol–water partition coefficient (Wildman–Crippen LogP) is 4.61. The molecule has 0 bridgehead atoms. The van der Waals surface area contributed by atoms with E-state index in [4.69, 9.17) is 16.3 Å². The van der Waals surface area contributed by atoms with Gasteiger partial charge < -0.3 is 10.1 Å². The molecule has 1 heterocycles. The molecule has 1 N–H and O–H groups in total. The first-order chi connectivity index (χ1) is 11.8. The van der Waals surface area contributed by atoms with Crippen molar-refractivity contribution in [2.24, 2.45) is 5.92 Å². The molecule has 1 aromatic rings. The number of thioether (sulfide) groups is 1. The number of amides is 2. The van der Waals surface area contributed by atoms with Crippen molar-refractivity contribution in [2.75, 3.05) is 11.1 Å². The zero-order valence-electron chi connectivity index (χ0n) is 15.0. The Morgan fingerprint density at radius 2 is 1.92 bits per heavy atom. The van der Waals surface area contributed by atoms with Gasteiger partial charge in [0.25, 0.3) is 0 Å². The van der Waals surface area contributed by atoms with E-state index in [1.165, 1.54) is 0 Å². The van der Waals surface area contributed by atoms with Crippen molar-refractivity contribution in [3.05, 3.63) is 29.3 Å². The zero-order chi connectivity index (χ0) is 18.6. The average molecular weight is 385 g/mol. The van der Waals surface area contributed by atoms with E-state index in [0.29, 0.717) is 22.4 Å². The van der Waals surface area contributed by atoms with Gasteiger partial charge in [-0.25, -0.2) is 9.59 Å². The van der Waals surface area contributed by atoms with Gasteiger partial charge in [0.2, 0.25) is 0 Å². The van der Waals surface area contributed by atoms with E-state index in [1.807, 2.05) is 13.8 Å². The number of anilines is 1.